The van der Waals surface area contributed by atoms with Crippen LogP contribution in [0, 0.1) is 18.3 Å². The highest BCUT2D eigenvalue weighted by molar-refractivity contribution is 5.47. The van der Waals surface area contributed by atoms with Crippen LogP contribution in [0.5, 0.6) is 0 Å². The molecule has 0 N–H and O–H groups in total. The molecule has 1 aliphatic rings. The third kappa shape index (κ3) is 3.14. The number of aromatic nitrogens is 4. The molecule has 7 heteroatoms. The van der Waals surface area contributed by atoms with Gasteiger partial charge in [-0.3, -0.25) is 4.98 Å². The Morgan fingerprint density at radius 3 is 2.73 bits per heavy atom. The first-order chi connectivity index (χ1) is 12.7. The molecule has 4 heterocycles. The molecule has 7 nitrogen and oxygen atoms in total. The summed E-state index contributed by atoms with van der Waals surface area (Å²) in [4.78, 5) is 15.4. The Hall–Kier alpha value is -3.27. The standard InChI is InChI=1S/C19H18N6O/c1-13-5-6-17(22-16(13)12-20)25-10-7-14(8-11-25)19-23-18(24-26-19)15-4-2-3-9-21-15/h2-6,9,14H,7-8,10-11H2,1H3. The number of piperidine rings is 1. The zero-order chi connectivity index (χ0) is 17.9. The average molecular weight is 346 g/mol. The van der Waals surface area contributed by atoms with Gasteiger partial charge in [-0.2, -0.15) is 10.2 Å². The molecule has 0 amide bonds. The van der Waals surface area contributed by atoms with Crippen LogP contribution in [0.4, 0.5) is 5.82 Å². The maximum absolute atomic E-state index is 9.16. The maximum atomic E-state index is 9.16. The van der Waals surface area contributed by atoms with Gasteiger partial charge in [0.1, 0.15) is 23.3 Å². The van der Waals surface area contributed by atoms with Crippen LogP contribution in [0.2, 0.25) is 0 Å². The fourth-order valence-electron chi connectivity index (χ4n) is 3.16. The van der Waals surface area contributed by atoms with Crippen molar-refractivity contribution in [3.63, 3.8) is 0 Å². The summed E-state index contributed by atoms with van der Waals surface area (Å²) in [5, 5.41) is 13.2. The molecule has 0 aromatic carbocycles. The molecule has 3 aromatic heterocycles. The monoisotopic (exact) mass is 346 g/mol. The molecule has 1 saturated heterocycles. The molecule has 0 radical (unpaired) electrons. The first kappa shape index (κ1) is 16.2. The zero-order valence-corrected chi connectivity index (χ0v) is 14.5. The summed E-state index contributed by atoms with van der Waals surface area (Å²) in [5.41, 5.74) is 2.10. The molecule has 0 bridgehead atoms. The lowest BCUT2D eigenvalue weighted by Gasteiger charge is -2.31. The number of hydrogen-bond acceptors (Lipinski definition) is 7. The third-order valence-electron chi connectivity index (χ3n) is 4.69. The van der Waals surface area contributed by atoms with Crippen molar-refractivity contribution < 1.29 is 4.52 Å². The Kier molecular flexibility index (Phi) is 4.32. The minimum atomic E-state index is 0.233. The number of nitriles is 1. The second-order valence-electron chi connectivity index (χ2n) is 6.38. The number of rotatable bonds is 3. The van der Waals surface area contributed by atoms with E-state index in [-0.39, 0.29) is 5.92 Å². The molecule has 0 unspecified atom stereocenters. The Morgan fingerprint density at radius 1 is 1.15 bits per heavy atom. The molecule has 0 atom stereocenters. The SMILES string of the molecule is Cc1ccc(N2CCC(c3nc(-c4ccccn4)no3)CC2)nc1C#N. The van der Waals surface area contributed by atoms with E-state index in [1.54, 1.807) is 6.20 Å². The first-order valence-corrected chi connectivity index (χ1v) is 8.62. The highest BCUT2D eigenvalue weighted by atomic mass is 16.5. The molecule has 0 spiro atoms. The summed E-state index contributed by atoms with van der Waals surface area (Å²) in [6.45, 7) is 3.58. The Balaban J connectivity index is 1.44. The minimum Gasteiger partial charge on any atom is -0.357 e. The van der Waals surface area contributed by atoms with Gasteiger partial charge in [0, 0.05) is 25.2 Å². The lowest BCUT2D eigenvalue weighted by atomic mass is 9.96. The van der Waals surface area contributed by atoms with E-state index in [1.807, 2.05) is 37.3 Å². The molecular weight excluding hydrogens is 328 g/mol. The van der Waals surface area contributed by atoms with E-state index in [2.05, 4.69) is 31.1 Å². The average Bonchev–Trinajstić information content (AvgIpc) is 3.19. The summed E-state index contributed by atoms with van der Waals surface area (Å²) in [5.74, 6) is 2.28. The Morgan fingerprint density at radius 2 is 2.00 bits per heavy atom. The molecule has 4 rings (SSSR count). The van der Waals surface area contributed by atoms with Gasteiger partial charge in [0.25, 0.3) is 0 Å². The molecule has 0 saturated carbocycles. The fourth-order valence-corrected chi connectivity index (χ4v) is 3.16. The number of anilines is 1. The summed E-state index contributed by atoms with van der Waals surface area (Å²) in [7, 11) is 0. The van der Waals surface area contributed by atoms with Crippen molar-refractivity contribution in [1.82, 2.24) is 20.1 Å². The minimum absolute atomic E-state index is 0.233. The molecular formula is C19H18N6O. The van der Waals surface area contributed by atoms with Gasteiger partial charge in [-0.05, 0) is 43.5 Å². The van der Waals surface area contributed by atoms with Crippen LogP contribution in [0.15, 0.2) is 41.1 Å². The van der Waals surface area contributed by atoms with Crippen LogP contribution < -0.4 is 4.90 Å². The number of pyridine rings is 2. The van der Waals surface area contributed by atoms with Gasteiger partial charge in [0.15, 0.2) is 0 Å². The predicted molar refractivity (Wildman–Crippen MR) is 95.4 cm³/mol. The largest absolute Gasteiger partial charge is 0.357 e. The third-order valence-corrected chi connectivity index (χ3v) is 4.69. The number of hydrogen-bond donors (Lipinski definition) is 0. The van der Waals surface area contributed by atoms with E-state index in [1.165, 1.54) is 0 Å². The Bertz CT molecular complexity index is 938. The topological polar surface area (TPSA) is 91.7 Å². The summed E-state index contributed by atoms with van der Waals surface area (Å²) < 4.78 is 5.47. The van der Waals surface area contributed by atoms with Gasteiger partial charge in [0.05, 0.1) is 0 Å². The van der Waals surface area contributed by atoms with E-state index in [0.29, 0.717) is 23.1 Å². The van der Waals surface area contributed by atoms with Crippen LogP contribution in [0.25, 0.3) is 11.5 Å². The number of aryl methyl sites for hydroxylation is 1. The van der Waals surface area contributed by atoms with E-state index < -0.39 is 0 Å². The van der Waals surface area contributed by atoms with E-state index in [4.69, 9.17) is 9.78 Å². The predicted octanol–water partition coefficient (Wildman–Crippen LogP) is 3.09. The van der Waals surface area contributed by atoms with Gasteiger partial charge >= 0.3 is 0 Å². The molecule has 0 aliphatic carbocycles. The van der Waals surface area contributed by atoms with Crippen LogP contribution in [0.1, 0.15) is 35.9 Å². The van der Waals surface area contributed by atoms with Crippen molar-refractivity contribution in [2.24, 2.45) is 0 Å². The maximum Gasteiger partial charge on any atom is 0.230 e. The molecule has 130 valence electrons. The lowest BCUT2D eigenvalue weighted by Crippen LogP contribution is -2.33. The normalized spacial score (nSPS) is 15.0. The van der Waals surface area contributed by atoms with E-state index >= 15 is 0 Å². The molecule has 26 heavy (non-hydrogen) atoms. The van der Waals surface area contributed by atoms with Crippen LogP contribution in [0.3, 0.4) is 0 Å². The van der Waals surface area contributed by atoms with E-state index in [0.717, 1.165) is 37.3 Å². The van der Waals surface area contributed by atoms with Gasteiger partial charge in [0.2, 0.25) is 11.7 Å². The van der Waals surface area contributed by atoms with Crippen molar-refractivity contribution in [2.45, 2.75) is 25.7 Å². The highest BCUT2D eigenvalue weighted by Crippen LogP contribution is 2.30. The van der Waals surface area contributed by atoms with Crippen molar-refractivity contribution in [1.29, 1.82) is 5.26 Å². The summed E-state index contributed by atoms with van der Waals surface area (Å²) in [6.07, 6.45) is 3.52. The van der Waals surface area contributed by atoms with Crippen LogP contribution in [-0.2, 0) is 0 Å². The second-order valence-corrected chi connectivity index (χ2v) is 6.38. The summed E-state index contributed by atoms with van der Waals surface area (Å²) >= 11 is 0. The summed E-state index contributed by atoms with van der Waals surface area (Å²) in [6, 6.07) is 11.7. The highest BCUT2D eigenvalue weighted by Gasteiger charge is 2.26. The van der Waals surface area contributed by atoms with Gasteiger partial charge in [-0.25, -0.2) is 4.98 Å². The zero-order valence-electron chi connectivity index (χ0n) is 14.5. The van der Waals surface area contributed by atoms with Gasteiger partial charge in [-0.1, -0.05) is 17.3 Å². The second kappa shape index (κ2) is 6.92. The van der Waals surface area contributed by atoms with Crippen molar-refractivity contribution in [3.05, 3.63) is 53.7 Å². The molecule has 3 aromatic rings. The Labute approximate surface area is 151 Å². The van der Waals surface area contributed by atoms with E-state index in [9.17, 15) is 0 Å². The van der Waals surface area contributed by atoms with Gasteiger partial charge in [-0.15, -0.1) is 0 Å². The fraction of sp³-hybridized carbons (Fsp3) is 0.316. The number of nitrogens with zero attached hydrogens (tertiary/aromatic N) is 6. The smallest absolute Gasteiger partial charge is 0.230 e. The molecule has 1 fully saturated rings. The van der Waals surface area contributed by atoms with Crippen molar-refractivity contribution in [2.75, 3.05) is 18.0 Å². The van der Waals surface area contributed by atoms with Crippen LogP contribution >= 0.6 is 0 Å². The van der Waals surface area contributed by atoms with Crippen molar-refractivity contribution >= 4 is 5.82 Å². The lowest BCUT2D eigenvalue weighted by molar-refractivity contribution is 0.329. The molecule has 1 aliphatic heterocycles. The first-order valence-electron chi connectivity index (χ1n) is 8.62. The quantitative estimate of drug-likeness (QED) is 0.719. The van der Waals surface area contributed by atoms with Crippen molar-refractivity contribution in [3.8, 4) is 17.6 Å². The van der Waals surface area contributed by atoms with Crippen LogP contribution in [-0.4, -0.2) is 33.2 Å². The van der Waals surface area contributed by atoms with Gasteiger partial charge < -0.3 is 9.42 Å².